The van der Waals surface area contributed by atoms with Gasteiger partial charge in [0, 0.05) is 26.2 Å². The van der Waals surface area contributed by atoms with Crippen LogP contribution >= 0.6 is 0 Å². The van der Waals surface area contributed by atoms with Crippen LogP contribution in [0.1, 0.15) is 27.2 Å². The molecule has 1 atom stereocenters. The lowest BCUT2D eigenvalue weighted by Crippen LogP contribution is -2.37. The van der Waals surface area contributed by atoms with E-state index in [0.29, 0.717) is 5.41 Å². The van der Waals surface area contributed by atoms with Gasteiger partial charge in [-0.15, -0.1) is 0 Å². The van der Waals surface area contributed by atoms with Crippen molar-refractivity contribution < 1.29 is 0 Å². The van der Waals surface area contributed by atoms with Crippen LogP contribution in [0.25, 0.3) is 0 Å². The molecule has 0 aromatic carbocycles. The second-order valence-electron chi connectivity index (χ2n) is 5.39. The van der Waals surface area contributed by atoms with Gasteiger partial charge in [0.15, 0.2) is 0 Å². The van der Waals surface area contributed by atoms with Crippen LogP contribution in [0, 0.1) is 5.41 Å². The molecule has 1 unspecified atom stereocenters. The third-order valence-electron chi connectivity index (χ3n) is 3.87. The van der Waals surface area contributed by atoms with Gasteiger partial charge in [0.1, 0.15) is 0 Å². The fraction of sp³-hybridized carbons (Fsp3) is 1.00. The first kappa shape index (κ1) is 13.9. The summed E-state index contributed by atoms with van der Waals surface area (Å²) in [4.78, 5) is 5.13. The lowest BCUT2D eigenvalue weighted by Gasteiger charge is -2.26. The van der Waals surface area contributed by atoms with E-state index in [9.17, 15) is 0 Å². The second kappa shape index (κ2) is 6.58. The molecule has 1 rings (SSSR count). The summed E-state index contributed by atoms with van der Waals surface area (Å²) >= 11 is 0. The summed E-state index contributed by atoms with van der Waals surface area (Å²) in [6.07, 6.45) is 1.34. The van der Waals surface area contributed by atoms with E-state index in [0.717, 1.165) is 6.54 Å². The lowest BCUT2D eigenvalue weighted by molar-refractivity contribution is 0.221. The summed E-state index contributed by atoms with van der Waals surface area (Å²) in [5, 5.41) is 3.32. The summed E-state index contributed by atoms with van der Waals surface area (Å²) in [6, 6.07) is 0. The zero-order valence-corrected chi connectivity index (χ0v) is 11.6. The van der Waals surface area contributed by atoms with E-state index in [1.54, 1.807) is 0 Å². The van der Waals surface area contributed by atoms with E-state index in [1.165, 1.54) is 45.7 Å². The molecule has 0 aromatic rings. The Morgan fingerprint density at radius 3 is 2.56 bits per heavy atom. The molecule has 3 nitrogen and oxygen atoms in total. The Hall–Kier alpha value is -0.120. The minimum absolute atomic E-state index is 0.498. The molecular formula is C13H29N3. The summed E-state index contributed by atoms with van der Waals surface area (Å²) in [5.41, 5.74) is 0.498. The van der Waals surface area contributed by atoms with Crippen LogP contribution in [0.4, 0.5) is 0 Å². The SMILES string of the molecule is CCN(CC)CCN1CCC(C)(CNC)C1. The predicted molar refractivity (Wildman–Crippen MR) is 70.9 cm³/mol. The summed E-state index contributed by atoms with van der Waals surface area (Å²) in [5.74, 6) is 0. The predicted octanol–water partition coefficient (Wildman–Crippen LogP) is 1.26. The van der Waals surface area contributed by atoms with Crippen LogP contribution in [0.15, 0.2) is 0 Å². The Kier molecular flexibility index (Phi) is 5.73. The molecule has 1 heterocycles. The standard InChI is InChI=1S/C13H29N3/c1-5-15(6-2)9-10-16-8-7-13(3,12-16)11-14-4/h14H,5-12H2,1-4H3. The Morgan fingerprint density at radius 2 is 2.00 bits per heavy atom. The van der Waals surface area contributed by atoms with Crippen molar-refractivity contribution in [1.29, 1.82) is 0 Å². The minimum Gasteiger partial charge on any atom is -0.319 e. The molecular weight excluding hydrogens is 198 g/mol. The molecule has 3 heteroatoms. The molecule has 0 amide bonds. The number of hydrogen-bond donors (Lipinski definition) is 1. The lowest BCUT2D eigenvalue weighted by atomic mass is 9.90. The van der Waals surface area contributed by atoms with Gasteiger partial charge >= 0.3 is 0 Å². The maximum Gasteiger partial charge on any atom is 0.0110 e. The first-order valence-electron chi connectivity index (χ1n) is 6.73. The van der Waals surface area contributed by atoms with E-state index >= 15 is 0 Å². The van der Waals surface area contributed by atoms with Crippen molar-refractivity contribution in [2.45, 2.75) is 27.2 Å². The van der Waals surface area contributed by atoms with Gasteiger partial charge in [-0.25, -0.2) is 0 Å². The molecule has 0 spiro atoms. The van der Waals surface area contributed by atoms with Crippen LogP contribution in [0.5, 0.6) is 0 Å². The highest BCUT2D eigenvalue weighted by Crippen LogP contribution is 2.28. The van der Waals surface area contributed by atoms with Gasteiger partial charge in [0.25, 0.3) is 0 Å². The molecule has 0 bridgehead atoms. The fourth-order valence-corrected chi connectivity index (χ4v) is 2.71. The van der Waals surface area contributed by atoms with E-state index in [2.05, 4.69) is 42.9 Å². The average Bonchev–Trinajstić information content (AvgIpc) is 2.62. The van der Waals surface area contributed by atoms with Crippen molar-refractivity contribution in [3.63, 3.8) is 0 Å². The van der Waals surface area contributed by atoms with Crippen LogP contribution in [0.2, 0.25) is 0 Å². The van der Waals surface area contributed by atoms with Gasteiger partial charge in [-0.3, -0.25) is 0 Å². The van der Waals surface area contributed by atoms with Gasteiger partial charge in [0.2, 0.25) is 0 Å². The topological polar surface area (TPSA) is 18.5 Å². The molecule has 1 saturated heterocycles. The molecule has 96 valence electrons. The molecule has 0 aromatic heterocycles. The van der Waals surface area contributed by atoms with E-state index < -0.39 is 0 Å². The Morgan fingerprint density at radius 1 is 1.31 bits per heavy atom. The molecule has 0 radical (unpaired) electrons. The minimum atomic E-state index is 0.498. The van der Waals surface area contributed by atoms with E-state index in [1.807, 2.05) is 0 Å². The highest BCUT2D eigenvalue weighted by Gasteiger charge is 2.32. The van der Waals surface area contributed by atoms with Gasteiger partial charge < -0.3 is 15.1 Å². The Labute approximate surface area is 101 Å². The summed E-state index contributed by atoms with van der Waals surface area (Å²) in [7, 11) is 2.06. The number of nitrogens with zero attached hydrogens (tertiary/aromatic N) is 2. The van der Waals surface area contributed by atoms with Crippen LogP contribution < -0.4 is 5.32 Å². The van der Waals surface area contributed by atoms with E-state index in [4.69, 9.17) is 0 Å². The van der Waals surface area contributed by atoms with Crippen molar-refractivity contribution in [3.05, 3.63) is 0 Å². The normalized spacial score (nSPS) is 26.8. The first-order chi connectivity index (χ1) is 7.63. The highest BCUT2D eigenvalue weighted by atomic mass is 15.2. The quantitative estimate of drug-likeness (QED) is 0.706. The molecule has 1 N–H and O–H groups in total. The average molecular weight is 227 g/mol. The number of hydrogen-bond acceptors (Lipinski definition) is 3. The summed E-state index contributed by atoms with van der Waals surface area (Å²) in [6.45, 7) is 15.4. The van der Waals surface area contributed by atoms with Gasteiger partial charge in [0.05, 0.1) is 0 Å². The maximum absolute atomic E-state index is 3.32. The zero-order chi connectivity index (χ0) is 12.0. The first-order valence-corrected chi connectivity index (χ1v) is 6.73. The van der Waals surface area contributed by atoms with Crippen molar-refractivity contribution in [2.24, 2.45) is 5.41 Å². The van der Waals surface area contributed by atoms with Gasteiger partial charge in [-0.1, -0.05) is 20.8 Å². The summed E-state index contributed by atoms with van der Waals surface area (Å²) < 4.78 is 0. The number of rotatable bonds is 7. The number of likely N-dealkylation sites (N-methyl/N-ethyl adjacent to an activating group) is 1. The third-order valence-corrected chi connectivity index (χ3v) is 3.87. The van der Waals surface area contributed by atoms with E-state index in [-0.39, 0.29) is 0 Å². The Bertz CT molecular complexity index is 192. The zero-order valence-electron chi connectivity index (χ0n) is 11.6. The van der Waals surface area contributed by atoms with Crippen LogP contribution in [0.3, 0.4) is 0 Å². The largest absolute Gasteiger partial charge is 0.319 e. The molecule has 1 aliphatic heterocycles. The molecule has 1 fully saturated rings. The monoisotopic (exact) mass is 227 g/mol. The number of likely N-dealkylation sites (tertiary alicyclic amines) is 1. The molecule has 0 saturated carbocycles. The van der Waals surface area contributed by atoms with Crippen LogP contribution in [-0.4, -0.2) is 62.7 Å². The van der Waals surface area contributed by atoms with Crippen molar-refractivity contribution in [3.8, 4) is 0 Å². The van der Waals surface area contributed by atoms with Crippen molar-refractivity contribution in [1.82, 2.24) is 15.1 Å². The molecule has 16 heavy (non-hydrogen) atoms. The third kappa shape index (κ3) is 4.04. The maximum atomic E-state index is 3.32. The van der Waals surface area contributed by atoms with Gasteiger partial charge in [-0.05, 0) is 38.5 Å². The second-order valence-corrected chi connectivity index (χ2v) is 5.39. The molecule has 0 aliphatic carbocycles. The van der Waals surface area contributed by atoms with Crippen LogP contribution in [-0.2, 0) is 0 Å². The smallest absolute Gasteiger partial charge is 0.0110 e. The van der Waals surface area contributed by atoms with Crippen molar-refractivity contribution in [2.75, 3.05) is 52.9 Å². The molecule has 1 aliphatic rings. The highest BCUT2D eigenvalue weighted by molar-refractivity contribution is 4.87. The fourth-order valence-electron chi connectivity index (χ4n) is 2.71. The Balaban J connectivity index is 2.25. The number of nitrogens with one attached hydrogen (secondary N) is 1. The van der Waals surface area contributed by atoms with Gasteiger partial charge in [-0.2, -0.15) is 0 Å². The van der Waals surface area contributed by atoms with Crippen molar-refractivity contribution >= 4 is 0 Å².